The van der Waals surface area contributed by atoms with Gasteiger partial charge in [-0.25, -0.2) is 23.1 Å². The van der Waals surface area contributed by atoms with Crippen LogP contribution in [0.3, 0.4) is 0 Å². The molecule has 0 bridgehead atoms. The molecule has 1 atom stereocenters. The maximum atomic E-state index is 14.5. The van der Waals surface area contributed by atoms with Crippen LogP contribution in [-0.2, 0) is 5.54 Å². The Kier molecular flexibility index (Phi) is 5.41. The summed E-state index contributed by atoms with van der Waals surface area (Å²) in [6.07, 6.45) is 1.18. The van der Waals surface area contributed by atoms with Crippen LogP contribution in [0, 0.1) is 12.7 Å². The molecule has 2 aromatic rings. The summed E-state index contributed by atoms with van der Waals surface area (Å²) in [5.74, 6) is -1.20. The number of nitrogens with two attached hydrogens (primary N) is 1. The molecule has 1 aromatic heterocycles. The summed E-state index contributed by atoms with van der Waals surface area (Å²) in [4.78, 5) is 24.1. The number of aromatic nitrogens is 2. The molecule has 3 N–H and O–H groups in total. The van der Waals surface area contributed by atoms with Crippen molar-refractivity contribution in [1.82, 2.24) is 9.97 Å². The molecule has 1 aliphatic heterocycles. The van der Waals surface area contributed by atoms with Crippen LogP contribution in [0.2, 0.25) is 0 Å². The number of aryl methyl sites for hydroxylation is 1. The van der Waals surface area contributed by atoms with Crippen molar-refractivity contribution in [3.8, 4) is 0 Å². The highest BCUT2D eigenvalue weighted by molar-refractivity contribution is 8.17. The first kappa shape index (κ1) is 19.9. The molecular formula is C18H16F3N5OS. The number of nitrogens with one attached hydrogen (secondary N) is 1. The largest absolute Gasteiger partial charge is 0.378 e. The van der Waals surface area contributed by atoms with Crippen LogP contribution in [0.15, 0.2) is 46.6 Å². The van der Waals surface area contributed by atoms with E-state index >= 15 is 0 Å². The number of amidine groups is 1. The molecule has 10 heteroatoms. The number of nitrogens with zero attached hydrogens (tertiary/aromatic N) is 3. The lowest BCUT2D eigenvalue weighted by Crippen LogP contribution is -2.27. The van der Waals surface area contributed by atoms with Crippen molar-refractivity contribution >= 4 is 28.5 Å². The van der Waals surface area contributed by atoms with E-state index < -0.39 is 23.7 Å². The van der Waals surface area contributed by atoms with E-state index in [1.54, 1.807) is 6.92 Å². The third kappa shape index (κ3) is 4.16. The van der Waals surface area contributed by atoms with E-state index in [4.69, 9.17) is 5.73 Å². The number of hydrogen-bond donors (Lipinski definition) is 2. The van der Waals surface area contributed by atoms with E-state index in [1.807, 2.05) is 0 Å². The van der Waals surface area contributed by atoms with Gasteiger partial charge in [-0.15, -0.1) is 0 Å². The fraction of sp³-hybridized carbons (Fsp3) is 0.222. The van der Waals surface area contributed by atoms with Gasteiger partial charge in [0.05, 0.1) is 16.8 Å². The monoisotopic (exact) mass is 407 g/mol. The van der Waals surface area contributed by atoms with Crippen molar-refractivity contribution < 1.29 is 18.0 Å². The molecule has 146 valence electrons. The van der Waals surface area contributed by atoms with Crippen LogP contribution in [0.5, 0.6) is 0 Å². The van der Waals surface area contributed by atoms with E-state index in [1.165, 1.54) is 37.5 Å². The first-order valence-electron chi connectivity index (χ1n) is 8.12. The van der Waals surface area contributed by atoms with Gasteiger partial charge in [-0.1, -0.05) is 11.8 Å². The van der Waals surface area contributed by atoms with Crippen molar-refractivity contribution in [3.63, 3.8) is 0 Å². The van der Waals surface area contributed by atoms with Crippen molar-refractivity contribution in [1.29, 1.82) is 0 Å². The quantitative estimate of drug-likeness (QED) is 0.808. The molecule has 6 nitrogen and oxygen atoms in total. The summed E-state index contributed by atoms with van der Waals surface area (Å²) in [5.41, 5.74) is 5.22. The number of hydrogen-bond acceptors (Lipinski definition) is 6. The summed E-state index contributed by atoms with van der Waals surface area (Å²) in [7, 11) is 0. The van der Waals surface area contributed by atoms with Gasteiger partial charge in [0.15, 0.2) is 5.17 Å². The normalized spacial score (nSPS) is 19.2. The number of amides is 1. The fourth-order valence-corrected chi connectivity index (χ4v) is 3.51. The van der Waals surface area contributed by atoms with Crippen molar-refractivity contribution in [2.24, 2.45) is 10.7 Å². The van der Waals surface area contributed by atoms with Gasteiger partial charge in [0.1, 0.15) is 17.1 Å². The van der Waals surface area contributed by atoms with Crippen LogP contribution in [0.4, 0.5) is 18.9 Å². The molecule has 0 unspecified atom stereocenters. The molecule has 0 spiro atoms. The highest BCUT2D eigenvalue weighted by Gasteiger charge is 2.34. The predicted molar refractivity (Wildman–Crippen MR) is 102 cm³/mol. The molecule has 1 amide bonds. The van der Waals surface area contributed by atoms with Gasteiger partial charge in [0.25, 0.3) is 12.3 Å². The zero-order valence-electron chi connectivity index (χ0n) is 14.9. The van der Waals surface area contributed by atoms with Gasteiger partial charge in [-0.2, -0.15) is 0 Å². The van der Waals surface area contributed by atoms with Gasteiger partial charge in [0, 0.05) is 17.4 Å². The zero-order valence-corrected chi connectivity index (χ0v) is 15.7. The number of carbonyl (C=O) groups is 1. The molecule has 1 aromatic carbocycles. The number of allylic oxidation sites excluding steroid dienone is 1. The maximum Gasteiger partial charge on any atom is 0.275 e. The molecule has 0 fully saturated rings. The molecule has 1 aliphatic rings. The first-order valence-corrected chi connectivity index (χ1v) is 8.94. The lowest BCUT2D eigenvalue weighted by molar-refractivity contribution is 0.102. The lowest BCUT2D eigenvalue weighted by Gasteiger charge is -2.28. The summed E-state index contributed by atoms with van der Waals surface area (Å²) in [5, 5.41) is 2.49. The number of rotatable bonds is 4. The Bertz CT molecular complexity index is 978. The summed E-state index contributed by atoms with van der Waals surface area (Å²) in [6.45, 7) is 3.20. The van der Waals surface area contributed by atoms with E-state index in [2.05, 4.69) is 20.3 Å². The highest BCUT2D eigenvalue weighted by Crippen LogP contribution is 2.40. The SMILES string of the molecule is Cc1cnc(C(=O)Nc2ccc(F)c([C@]3(C)C=C(C(F)F)SC(N)=N3)c2)cn1. The van der Waals surface area contributed by atoms with E-state index in [-0.39, 0.29) is 27.0 Å². The van der Waals surface area contributed by atoms with E-state index in [9.17, 15) is 18.0 Å². The van der Waals surface area contributed by atoms with Gasteiger partial charge < -0.3 is 11.1 Å². The minimum Gasteiger partial charge on any atom is -0.378 e. The van der Waals surface area contributed by atoms with Crippen LogP contribution in [-0.4, -0.2) is 27.5 Å². The lowest BCUT2D eigenvalue weighted by atomic mass is 9.91. The minimum absolute atomic E-state index is 0.00157. The number of carbonyl (C=O) groups excluding carboxylic acids is 1. The number of benzene rings is 1. The Morgan fingerprint density at radius 2 is 2.04 bits per heavy atom. The molecule has 0 aliphatic carbocycles. The van der Waals surface area contributed by atoms with Crippen molar-refractivity contribution in [3.05, 3.63) is 64.3 Å². The molecular weight excluding hydrogens is 391 g/mol. The number of thioether (sulfide) groups is 1. The number of aliphatic imine (C=N–C) groups is 1. The van der Waals surface area contributed by atoms with Crippen LogP contribution in [0.1, 0.15) is 28.7 Å². The highest BCUT2D eigenvalue weighted by atomic mass is 32.2. The molecule has 0 saturated carbocycles. The van der Waals surface area contributed by atoms with Gasteiger partial charge >= 0.3 is 0 Å². The average Bonchev–Trinajstić information content (AvgIpc) is 2.63. The number of halogens is 3. The Balaban J connectivity index is 1.94. The molecule has 28 heavy (non-hydrogen) atoms. The Labute approximate surface area is 163 Å². The average molecular weight is 407 g/mol. The Morgan fingerprint density at radius 3 is 2.68 bits per heavy atom. The van der Waals surface area contributed by atoms with E-state index in [0.29, 0.717) is 17.5 Å². The molecule has 2 heterocycles. The second-order valence-corrected chi connectivity index (χ2v) is 7.33. The molecule has 0 radical (unpaired) electrons. The topological polar surface area (TPSA) is 93.3 Å². The standard InChI is InChI=1S/C18H16F3N5OS/c1-9-7-24-13(8-23-9)16(27)25-10-3-4-12(19)11(5-10)18(2)6-14(15(20)21)28-17(22)26-18/h3-8,15H,1-2H3,(H2,22,26)(H,25,27)/t18-/m0/s1. The minimum atomic E-state index is -2.76. The third-order valence-electron chi connectivity index (χ3n) is 3.99. The molecule has 3 rings (SSSR count). The van der Waals surface area contributed by atoms with Crippen molar-refractivity contribution in [2.45, 2.75) is 25.8 Å². The van der Waals surface area contributed by atoms with Gasteiger partial charge in [0.2, 0.25) is 0 Å². The van der Waals surface area contributed by atoms with E-state index in [0.717, 1.165) is 6.07 Å². The summed E-state index contributed by atoms with van der Waals surface area (Å²) >= 11 is 0.642. The van der Waals surface area contributed by atoms with Crippen LogP contribution < -0.4 is 11.1 Å². The molecule has 0 saturated heterocycles. The maximum absolute atomic E-state index is 14.5. The van der Waals surface area contributed by atoms with Crippen molar-refractivity contribution in [2.75, 3.05) is 5.32 Å². The van der Waals surface area contributed by atoms with Crippen LogP contribution >= 0.6 is 11.8 Å². The first-order chi connectivity index (χ1) is 13.2. The fourth-order valence-electron chi connectivity index (χ4n) is 2.65. The zero-order chi connectivity index (χ0) is 20.5. The smallest absolute Gasteiger partial charge is 0.275 e. The predicted octanol–water partition coefficient (Wildman–Crippen LogP) is 3.60. The Hall–Kier alpha value is -2.88. The third-order valence-corrected chi connectivity index (χ3v) is 4.82. The summed E-state index contributed by atoms with van der Waals surface area (Å²) in [6, 6.07) is 3.81. The number of anilines is 1. The van der Waals surface area contributed by atoms with Crippen LogP contribution in [0.25, 0.3) is 0 Å². The second-order valence-electron chi connectivity index (χ2n) is 6.24. The number of alkyl halides is 2. The second kappa shape index (κ2) is 7.63. The summed E-state index contributed by atoms with van der Waals surface area (Å²) < 4.78 is 40.8. The van der Waals surface area contributed by atoms with Gasteiger partial charge in [-0.05, 0) is 38.1 Å². The van der Waals surface area contributed by atoms with Gasteiger partial charge in [-0.3, -0.25) is 9.78 Å². The Morgan fingerprint density at radius 1 is 1.29 bits per heavy atom.